The highest BCUT2D eigenvalue weighted by molar-refractivity contribution is 5.41. The van der Waals surface area contributed by atoms with Crippen LogP contribution in [-0.4, -0.2) is 33.9 Å². The van der Waals surface area contributed by atoms with Crippen molar-refractivity contribution in [1.82, 2.24) is 5.32 Å². The second kappa shape index (κ2) is 6.60. The molecule has 19 heavy (non-hydrogen) atoms. The molecule has 0 aromatic heterocycles. The zero-order valence-corrected chi connectivity index (χ0v) is 11.2. The summed E-state index contributed by atoms with van der Waals surface area (Å²) >= 11 is 0. The number of rotatable bonds is 7. The Morgan fingerprint density at radius 2 is 1.95 bits per heavy atom. The summed E-state index contributed by atoms with van der Waals surface area (Å²) in [7, 11) is 0. The van der Waals surface area contributed by atoms with Crippen LogP contribution in [0.5, 0.6) is 0 Å². The predicted molar refractivity (Wildman–Crippen MR) is 71.8 cm³/mol. The van der Waals surface area contributed by atoms with Crippen molar-refractivity contribution in [2.75, 3.05) is 13.2 Å². The van der Waals surface area contributed by atoms with Gasteiger partial charge >= 0.3 is 0 Å². The second-order valence-corrected chi connectivity index (χ2v) is 4.63. The number of nitro groups is 1. The van der Waals surface area contributed by atoms with Gasteiger partial charge in [0.15, 0.2) is 0 Å². The Morgan fingerprint density at radius 3 is 2.42 bits per heavy atom. The van der Waals surface area contributed by atoms with Crippen molar-refractivity contribution in [3.05, 3.63) is 39.9 Å². The molecule has 0 aliphatic carbocycles. The zero-order chi connectivity index (χ0) is 14.5. The largest absolute Gasteiger partial charge is 0.394 e. The Hall–Kier alpha value is -1.50. The molecule has 0 aliphatic rings. The van der Waals surface area contributed by atoms with Crippen LogP contribution >= 0.6 is 0 Å². The Balaban J connectivity index is 3.01. The molecular weight excluding hydrogens is 248 g/mol. The summed E-state index contributed by atoms with van der Waals surface area (Å²) < 4.78 is 0. The molecule has 1 rings (SSSR count). The molecule has 0 aliphatic heterocycles. The first-order valence-electron chi connectivity index (χ1n) is 6.22. The third kappa shape index (κ3) is 3.50. The van der Waals surface area contributed by atoms with Crippen LogP contribution in [0.3, 0.4) is 0 Å². The topological polar surface area (TPSA) is 95.6 Å². The van der Waals surface area contributed by atoms with Gasteiger partial charge in [-0.1, -0.05) is 25.1 Å². The second-order valence-electron chi connectivity index (χ2n) is 4.63. The fraction of sp³-hybridized carbons (Fsp3) is 0.538. The molecule has 0 saturated heterocycles. The van der Waals surface area contributed by atoms with Crippen LogP contribution < -0.4 is 5.32 Å². The van der Waals surface area contributed by atoms with Crippen molar-refractivity contribution in [3.63, 3.8) is 0 Å². The van der Waals surface area contributed by atoms with E-state index >= 15 is 0 Å². The summed E-state index contributed by atoms with van der Waals surface area (Å²) in [5.41, 5.74) is -0.265. The number of nitrogens with one attached hydrogen (secondary N) is 1. The maximum Gasteiger partial charge on any atom is 0.274 e. The van der Waals surface area contributed by atoms with Gasteiger partial charge in [-0.2, -0.15) is 0 Å². The van der Waals surface area contributed by atoms with Crippen LogP contribution in [-0.2, 0) is 0 Å². The van der Waals surface area contributed by atoms with E-state index in [1.807, 2.05) is 6.92 Å². The van der Waals surface area contributed by atoms with Gasteiger partial charge in [-0.25, -0.2) is 0 Å². The van der Waals surface area contributed by atoms with Crippen molar-refractivity contribution in [3.8, 4) is 0 Å². The van der Waals surface area contributed by atoms with E-state index < -0.39 is 10.5 Å². The molecule has 106 valence electrons. The van der Waals surface area contributed by atoms with Crippen molar-refractivity contribution in [2.24, 2.45) is 0 Å². The quantitative estimate of drug-likeness (QED) is 0.513. The number of benzene rings is 1. The van der Waals surface area contributed by atoms with Gasteiger partial charge in [0, 0.05) is 17.7 Å². The van der Waals surface area contributed by atoms with E-state index in [1.54, 1.807) is 25.1 Å². The minimum atomic E-state index is -0.830. The highest BCUT2D eigenvalue weighted by atomic mass is 16.6. The lowest BCUT2D eigenvalue weighted by molar-refractivity contribution is -0.385. The molecule has 0 saturated carbocycles. The average Bonchev–Trinajstić information content (AvgIpc) is 2.44. The molecule has 1 aromatic carbocycles. The molecule has 0 fully saturated rings. The van der Waals surface area contributed by atoms with E-state index in [-0.39, 0.29) is 24.9 Å². The van der Waals surface area contributed by atoms with Gasteiger partial charge < -0.3 is 15.5 Å². The number of aliphatic hydroxyl groups is 2. The molecule has 3 N–H and O–H groups in total. The van der Waals surface area contributed by atoms with Crippen LogP contribution in [0, 0.1) is 10.1 Å². The molecular formula is C13H20N2O4. The summed E-state index contributed by atoms with van der Waals surface area (Å²) in [5.74, 6) is 0. The third-order valence-corrected chi connectivity index (χ3v) is 3.40. The minimum Gasteiger partial charge on any atom is -0.394 e. The van der Waals surface area contributed by atoms with Crippen LogP contribution in [0.25, 0.3) is 0 Å². The maximum atomic E-state index is 11.0. The fourth-order valence-electron chi connectivity index (χ4n) is 2.02. The van der Waals surface area contributed by atoms with E-state index in [0.29, 0.717) is 12.0 Å². The monoisotopic (exact) mass is 268 g/mol. The Kier molecular flexibility index (Phi) is 5.41. The van der Waals surface area contributed by atoms with Gasteiger partial charge in [-0.05, 0) is 13.3 Å². The highest BCUT2D eigenvalue weighted by Crippen LogP contribution is 2.26. The summed E-state index contributed by atoms with van der Waals surface area (Å²) in [6.07, 6.45) is 0.519. The maximum absolute atomic E-state index is 11.0. The normalized spacial score (nSPS) is 13.3. The highest BCUT2D eigenvalue weighted by Gasteiger charge is 2.30. The molecule has 0 heterocycles. The number of aliphatic hydroxyl groups excluding tert-OH is 2. The van der Waals surface area contributed by atoms with Gasteiger partial charge in [0.05, 0.1) is 23.7 Å². The van der Waals surface area contributed by atoms with Crippen LogP contribution in [0.2, 0.25) is 0 Å². The van der Waals surface area contributed by atoms with E-state index in [1.165, 1.54) is 6.07 Å². The van der Waals surface area contributed by atoms with Gasteiger partial charge in [0.25, 0.3) is 5.69 Å². The van der Waals surface area contributed by atoms with E-state index in [0.717, 1.165) is 0 Å². The molecule has 1 unspecified atom stereocenters. The summed E-state index contributed by atoms with van der Waals surface area (Å²) in [6.45, 7) is 3.15. The number of hydrogen-bond donors (Lipinski definition) is 3. The van der Waals surface area contributed by atoms with E-state index in [2.05, 4.69) is 5.32 Å². The van der Waals surface area contributed by atoms with Gasteiger partial charge in [0.1, 0.15) is 0 Å². The molecule has 6 heteroatoms. The first-order valence-corrected chi connectivity index (χ1v) is 6.22. The van der Waals surface area contributed by atoms with Crippen molar-refractivity contribution >= 4 is 5.69 Å². The van der Waals surface area contributed by atoms with Crippen molar-refractivity contribution in [1.29, 1.82) is 0 Å². The number of nitrogens with zero attached hydrogens (tertiary/aromatic N) is 1. The first-order chi connectivity index (χ1) is 8.99. The van der Waals surface area contributed by atoms with Crippen LogP contribution in [0.15, 0.2) is 24.3 Å². The fourth-order valence-corrected chi connectivity index (χ4v) is 2.02. The van der Waals surface area contributed by atoms with E-state index in [9.17, 15) is 20.3 Å². The molecule has 0 radical (unpaired) electrons. The molecule has 1 aromatic rings. The van der Waals surface area contributed by atoms with Crippen molar-refractivity contribution < 1.29 is 15.1 Å². The lowest BCUT2D eigenvalue weighted by atomic mass is 9.95. The van der Waals surface area contributed by atoms with Gasteiger partial charge in [-0.15, -0.1) is 0 Å². The molecule has 0 bridgehead atoms. The number of para-hydroxylation sites is 1. The number of hydrogen-bond acceptors (Lipinski definition) is 5. The zero-order valence-electron chi connectivity index (χ0n) is 11.2. The summed E-state index contributed by atoms with van der Waals surface area (Å²) in [4.78, 5) is 10.5. The Morgan fingerprint density at radius 1 is 1.37 bits per heavy atom. The Bertz CT molecular complexity index is 424. The molecule has 0 spiro atoms. The third-order valence-electron chi connectivity index (χ3n) is 3.40. The molecule has 1 atom stereocenters. The van der Waals surface area contributed by atoms with Gasteiger partial charge in [0.2, 0.25) is 0 Å². The molecule has 0 amide bonds. The summed E-state index contributed by atoms with van der Waals surface area (Å²) in [6, 6.07) is 6.11. The van der Waals surface area contributed by atoms with E-state index in [4.69, 9.17) is 0 Å². The van der Waals surface area contributed by atoms with Crippen LogP contribution in [0.1, 0.15) is 31.9 Å². The summed E-state index contributed by atoms with van der Waals surface area (Å²) in [5, 5.41) is 32.9. The lowest BCUT2D eigenvalue weighted by Gasteiger charge is -2.33. The van der Waals surface area contributed by atoms with Crippen LogP contribution in [0.4, 0.5) is 5.69 Å². The van der Waals surface area contributed by atoms with Crippen molar-refractivity contribution in [2.45, 2.75) is 31.8 Å². The lowest BCUT2D eigenvalue weighted by Crippen LogP contribution is -2.52. The Labute approximate surface area is 112 Å². The average molecular weight is 268 g/mol. The standard InChI is InChI=1S/C13H20N2O4/c1-3-13(8-16,9-17)14-10(2)11-6-4-5-7-12(11)15(18)19/h4-7,10,14,16-17H,3,8-9H2,1-2H3. The molecule has 6 nitrogen and oxygen atoms in total. The SMILES string of the molecule is CCC(CO)(CO)NC(C)c1ccccc1[N+](=O)[O-]. The number of nitro benzene ring substituents is 1. The smallest absolute Gasteiger partial charge is 0.274 e. The van der Waals surface area contributed by atoms with Gasteiger partial charge in [-0.3, -0.25) is 10.1 Å². The minimum absolute atomic E-state index is 0.0309. The predicted octanol–water partition coefficient (Wildman–Crippen LogP) is 1.38. The first kappa shape index (κ1) is 15.6.